The summed E-state index contributed by atoms with van der Waals surface area (Å²) in [6, 6.07) is 4.25. The molecule has 0 saturated heterocycles. The number of hydrogen-bond acceptors (Lipinski definition) is 3. The van der Waals surface area contributed by atoms with E-state index in [9.17, 15) is 13.2 Å². The predicted octanol–water partition coefficient (Wildman–Crippen LogP) is 1.62. The molecule has 2 rings (SSSR count). The molecule has 3 N–H and O–H groups in total. The quantitative estimate of drug-likeness (QED) is 0.867. The van der Waals surface area contributed by atoms with Gasteiger partial charge in [0, 0.05) is 10.5 Å². The third-order valence-corrected chi connectivity index (χ3v) is 4.80. The van der Waals surface area contributed by atoms with Crippen molar-refractivity contribution in [3.8, 4) is 0 Å². The molecule has 7 heteroatoms. The molecule has 0 bridgehead atoms. The smallest absolute Gasteiger partial charge is 0.252 e. The molecule has 0 radical (unpaired) electrons. The molecule has 1 saturated carbocycles. The van der Waals surface area contributed by atoms with Crippen LogP contribution in [-0.2, 0) is 10.0 Å². The molecule has 1 fully saturated rings. The molecular weight excluding hydrogens is 332 g/mol. The number of halogens is 1. The van der Waals surface area contributed by atoms with E-state index in [1.54, 1.807) is 0 Å². The highest BCUT2D eigenvalue weighted by Gasteiger charge is 2.29. The second-order valence-corrected chi connectivity index (χ2v) is 7.20. The summed E-state index contributed by atoms with van der Waals surface area (Å²) in [4.78, 5) is 12.0. The van der Waals surface area contributed by atoms with Crippen LogP contribution in [0.1, 0.15) is 30.1 Å². The number of carbonyl (C=O) groups is 1. The van der Waals surface area contributed by atoms with E-state index in [0.717, 1.165) is 12.8 Å². The van der Waals surface area contributed by atoms with Gasteiger partial charge in [-0.1, -0.05) is 0 Å². The fourth-order valence-corrected chi connectivity index (χ4v) is 2.82. The Bertz CT molecular complexity index is 611. The summed E-state index contributed by atoms with van der Waals surface area (Å²) in [5.41, 5.74) is 0.277. The monoisotopic (exact) mass is 346 g/mol. The molecule has 19 heavy (non-hydrogen) atoms. The number of amides is 1. The van der Waals surface area contributed by atoms with Gasteiger partial charge in [-0.3, -0.25) is 4.79 Å². The number of carbonyl (C=O) groups excluding carboxylic acids is 1. The van der Waals surface area contributed by atoms with Gasteiger partial charge in [-0.15, -0.1) is 0 Å². The van der Waals surface area contributed by atoms with Gasteiger partial charge in [0.15, 0.2) is 0 Å². The van der Waals surface area contributed by atoms with E-state index < -0.39 is 10.0 Å². The Balaban J connectivity index is 2.25. The van der Waals surface area contributed by atoms with Gasteiger partial charge in [-0.25, -0.2) is 13.6 Å². The largest absolute Gasteiger partial charge is 0.349 e. The van der Waals surface area contributed by atoms with Crippen molar-refractivity contribution in [3.63, 3.8) is 0 Å². The van der Waals surface area contributed by atoms with E-state index in [0.29, 0.717) is 10.4 Å². The van der Waals surface area contributed by atoms with E-state index in [-0.39, 0.29) is 22.4 Å². The predicted molar refractivity (Wildman–Crippen MR) is 75.2 cm³/mol. The Morgan fingerprint density at radius 3 is 2.63 bits per heavy atom. The van der Waals surface area contributed by atoms with Crippen LogP contribution in [0.3, 0.4) is 0 Å². The molecule has 0 spiro atoms. The molecule has 5 nitrogen and oxygen atoms in total. The van der Waals surface area contributed by atoms with Gasteiger partial charge in [0.2, 0.25) is 10.0 Å². The maximum Gasteiger partial charge on any atom is 0.252 e. The van der Waals surface area contributed by atoms with E-state index >= 15 is 0 Å². The molecule has 1 aliphatic carbocycles. The first-order valence-electron chi connectivity index (χ1n) is 5.92. The molecule has 0 aromatic heterocycles. The van der Waals surface area contributed by atoms with E-state index in [1.807, 2.05) is 6.92 Å². The average molecular weight is 347 g/mol. The lowest BCUT2D eigenvalue weighted by atomic mass is 10.1. The first-order valence-corrected chi connectivity index (χ1v) is 8.26. The van der Waals surface area contributed by atoms with Crippen molar-refractivity contribution in [2.45, 2.75) is 30.7 Å². The third-order valence-electron chi connectivity index (χ3n) is 3.20. The number of nitrogens with two attached hydrogens (primary N) is 1. The molecule has 104 valence electrons. The minimum Gasteiger partial charge on any atom is -0.349 e. The van der Waals surface area contributed by atoms with Gasteiger partial charge in [0.05, 0.1) is 10.5 Å². The number of hydrogen-bond donors (Lipinski definition) is 2. The summed E-state index contributed by atoms with van der Waals surface area (Å²) in [5, 5.41) is 7.93. The zero-order valence-electron chi connectivity index (χ0n) is 10.4. The van der Waals surface area contributed by atoms with Crippen LogP contribution in [0.4, 0.5) is 0 Å². The highest BCUT2D eigenvalue weighted by Crippen LogP contribution is 2.32. The number of rotatable bonds is 4. The zero-order chi connectivity index (χ0) is 14.2. The van der Waals surface area contributed by atoms with Gasteiger partial charge in [-0.2, -0.15) is 0 Å². The van der Waals surface area contributed by atoms with Crippen molar-refractivity contribution in [1.82, 2.24) is 5.32 Å². The summed E-state index contributed by atoms with van der Waals surface area (Å²) in [6.07, 6.45) is 2.25. The van der Waals surface area contributed by atoms with Crippen LogP contribution >= 0.6 is 15.9 Å². The zero-order valence-corrected chi connectivity index (χ0v) is 12.8. The van der Waals surface area contributed by atoms with Crippen molar-refractivity contribution in [2.75, 3.05) is 0 Å². The van der Waals surface area contributed by atoms with Crippen LogP contribution in [-0.4, -0.2) is 20.4 Å². The van der Waals surface area contributed by atoms with Gasteiger partial charge in [-0.05, 0) is 59.8 Å². The number of nitrogens with one attached hydrogen (secondary N) is 1. The molecule has 0 heterocycles. The van der Waals surface area contributed by atoms with Crippen molar-refractivity contribution in [2.24, 2.45) is 11.1 Å². The van der Waals surface area contributed by atoms with Crippen LogP contribution in [0.5, 0.6) is 0 Å². The maximum atomic E-state index is 12.1. The minimum atomic E-state index is -3.81. The van der Waals surface area contributed by atoms with Crippen molar-refractivity contribution in [1.29, 1.82) is 0 Å². The SMILES string of the molecule is CC(NC(=O)c1cc(S(N)(=O)=O)ccc1Br)C1CC1. The fraction of sp³-hybridized carbons (Fsp3) is 0.417. The molecule has 1 unspecified atom stereocenters. The van der Waals surface area contributed by atoms with Crippen LogP contribution in [0.2, 0.25) is 0 Å². The van der Waals surface area contributed by atoms with Crippen molar-refractivity contribution >= 4 is 31.9 Å². The van der Waals surface area contributed by atoms with E-state index in [4.69, 9.17) is 5.14 Å². The topological polar surface area (TPSA) is 89.3 Å². The van der Waals surface area contributed by atoms with Gasteiger partial charge < -0.3 is 5.32 Å². The first kappa shape index (κ1) is 14.5. The Kier molecular flexibility index (Phi) is 3.98. The minimum absolute atomic E-state index is 0.0695. The normalized spacial score (nSPS) is 17.0. The van der Waals surface area contributed by atoms with Gasteiger partial charge in [0.25, 0.3) is 5.91 Å². The summed E-state index contributed by atoms with van der Waals surface area (Å²) in [6.45, 7) is 1.95. The number of sulfonamides is 1. The molecule has 1 amide bonds. The third kappa shape index (κ3) is 3.55. The van der Waals surface area contributed by atoms with Gasteiger partial charge >= 0.3 is 0 Å². The Hall–Kier alpha value is -0.920. The van der Waals surface area contributed by atoms with Crippen molar-refractivity contribution in [3.05, 3.63) is 28.2 Å². The highest BCUT2D eigenvalue weighted by atomic mass is 79.9. The summed E-state index contributed by atoms with van der Waals surface area (Å²) < 4.78 is 23.1. The number of benzene rings is 1. The molecule has 1 atom stereocenters. The average Bonchev–Trinajstić information content (AvgIpc) is 3.11. The van der Waals surface area contributed by atoms with Gasteiger partial charge in [0.1, 0.15) is 0 Å². The summed E-state index contributed by atoms with van der Waals surface area (Å²) >= 11 is 3.24. The number of primary sulfonamides is 1. The lowest BCUT2D eigenvalue weighted by Crippen LogP contribution is -2.34. The van der Waals surface area contributed by atoms with Crippen LogP contribution < -0.4 is 10.5 Å². The highest BCUT2D eigenvalue weighted by molar-refractivity contribution is 9.10. The molecule has 1 aliphatic rings. The molecule has 0 aliphatic heterocycles. The van der Waals surface area contributed by atoms with Crippen molar-refractivity contribution < 1.29 is 13.2 Å². The summed E-state index contributed by atoms with van der Waals surface area (Å²) in [7, 11) is -3.81. The van der Waals surface area contributed by atoms with Crippen LogP contribution in [0, 0.1) is 5.92 Å². The standard InChI is InChI=1S/C12H15BrN2O3S/c1-7(8-2-3-8)15-12(16)10-6-9(19(14,17)18)4-5-11(10)13/h4-8H,2-3H2,1H3,(H,15,16)(H2,14,17,18). The molecule has 1 aromatic carbocycles. The van der Waals surface area contributed by atoms with E-state index in [1.165, 1.54) is 18.2 Å². The lowest BCUT2D eigenvalue weighted by molar-refractivity contribution is 0.0935. The summed E-state index contributed by atoms with van der Waals surface area (Å²) in [5.74, 6) is 0.237. The Labute approximate surface area is 120 Å². The van der Waals surface area contributed by atoms with E-state index in [2.05, 4.69) is 21.2 Å². The Morgan fingerprint density at radius 2 is 2.11 bits per heavy atom. The van der Waals surface area contributed by atoms with Crippen LogP contribution in [0.25, 0.3) is 0 Å². The fourth-order valence-electron chi connectivity index (χ4n) is 1.85. The molecule has 1 aromatic rings. The Morgan fingerprint density at radius 1 is 1.47 bits per heavy atom. The lowest BCUT2D eigenvalue weighted by Gasteiger charge is -2.14. The second-order valence-electron chi connectivity index (χ2n) is 4.79. The second kappa shape index (κ2) is 5.22. The first-order chi connectivity index (χ1) is 8.79. The molecular formula is C12H15BrN2O3S. The van der Waals surface area contributed by atoms with Crippen LogP contribution in [0.15, 0.2) is 27.6 Å². The maximum absolute atomic E-state index is 12.1.